The number of carbonyl (C=O) groups is 1. The average Bonchev–Trinajstić information content (AvgIpc) is 2.99. The first-order valence-electron chi connectivity index (χ1n) is 9.11. The topological polar surface area (TPSA) is 89.7 Å². The molecule has 8 heteroatoms. The van der Waals surface area contributed by atoms with Gasteiger partial charge in [-0.15, -0.1) is 0 Å². The van der Waals surface area contributed by atoms with Crippen LogP contribution >= 0.6 is 0 Å². The number of hydrogen-bond donors (Lipinski definition) is 1. The van der Waals surface area contributed by atoms with Crippen LogP contribution in [0.15, 0.2) is 10.7 Å². The smallest absolute Gasteiger partial charge is 0.342 e. The van der Waals surface area contributed by atoms with Crippen molar-refractivity contribution in [3.8, 4) is 0 Å². The standard InChI is InChI=1S/C18H26N4O4/c1-4-13(10-22-6-8-24-9-7-22)21-16-15-14(18(23)25-5-2)12(3)26-17(15)20-11-19-16/h11,13H,4-10H2,1-3H3,(H,19,20,21). The summed E-state index contributed by atoms with van der Waals surface area (Å²) in [6, 6.07) is 0.191. The van der Waals surface area contributed by atoms with Crippen molar-refractivity contribution >= 4 is 22.9 Å². The highest BCUT2D eigenvalue weighted by Crippen LogP contribution is 2.30. The number of aryl methyl sites for hydroxylation is 1. The first kappa shape index (κ1) is 18.6. The predicted octanol–water partition coefficient (Wildman–Crippen LogP) is 2.23. The Hall–Kier alpha value is -2.19. The Kier molecular flexibility index (Phi) is 6.05. The summed E-state index contributed by atoms with van der Waals surface area (Å²) in [6.45, 7) is 10.2. The van der Waals surface area contributed by atoms with Gasteiger partial charge in [0.25, 0.3) is 0 Å². The SMILES string of the molecule is CCOC(=O)c1c(C)oc2ncnc(NC(CC)CN3CCOCC3)c12. The molecule has 1 fully saturated rings. The Morgan fingerprint density at radius 1 is 1.35 bits per heavy atom. The maximum atomic E-state index is 12.4. The van der Waals surface area contributed by atoms with Crippen LogP contribution in [-0.4, -0.2) is 66.3 Å². The van der Waals surface area contributed by atoms with Crippen LogP contribution in [0.4, 0.5) is 5.82 Å². The molecule has 0 aromatic carbocycles. The van der Waals surface area contributed by atoms with Crippen molar-refractivity contribution in [2.24, 2.45) is 0 Å². The molecule has 26 heavy (non-hydrogen) atoms. The van der Waals surface area contributed by atoms with Crippen LogP contribution in [0.25, 0.3) is 11.1 Å². The van der Waals surface area contributed by atoms with Crippen molar-refractivity contribution in [3.05, 3.63) is 17.7 Å². The van der Waals surface area contributed by atoms with Gasteiger partial charge in [-0.05, 0) is 20.3 Å². The highest BCUT2D eigenvalue weighted by molar-refractivity contribution is 6.07. The number of carbonyl (C=O) groups excluding carboxylic acids is 1. The van der Waals surface area contributed by atoms with Crippen molar-refractivity contribution in [2.75, 3.05) is 44.8 Å². The highest BCUT2D eigenvalue weighted by atomic mass is 16.5. The fourth-order valence-electron chi connectivity index (χ4n) is 3.17. The van der Waals surface area contributed by atoms with Crippen LogP contribution < -0.4 is 5.32 Å². The molecule has 1 atom stereocenters. The lowest BCUT2D eigenvalue weighted by molar-refractivity contribution is 0.0360. The number of nitrogens with zero attached hydrogens (tertiary/aromatic N) is 3. The molecule has 1 aliphatic rings. The second kappa shape index (κ2) is 8.46. The molecule has 1 unspecified atom stereocenters. The summed E-state index contributed by atoms with van der Waals surface area (Å²) in [5.74, 6) is 0.682. The summed E-state index contributed by atoms with van der Waals surface area (Å²) in [7, 11) is 0. The van der Waals surface area contributed by atoms with Gasteiger partial charge >= 0.3 is 5.97 Å². The number of esters is 1. The second-order valence-electron chi connectivity index (χ2n) is 6.32. The normalized spacial score (nSPS) is 16.6. The number of furan rings is 1. The average molecular weight is 362 g/mol. The predicted molar refractivity (Wildman–Crippen MR) is 97.5 cm³/mol. The molecule has 8 nitrogen and oxygen atoms in total. The quantitative estimate of drug-likeness (QED) is 0.750. The zero-order valence-electron chi connectivity index (χ0n) is 15.6. The monoisotopic (exact) mass is 362 g/mol. The summed E-state index contributed by atoms with van der Waals surface area (Å²) >= 11 is 0. The number of ether oxygens (including phenoxy) is 2. The Morgan fingerprint density at radius 2 is 2.12 bits per heavy atom. The van der Waals surface area contributed by atoms with Gasteiger partial charge in [-0.3, -0.25) is 4.90 Å². The number of nitrogens with one attached hydrogen (secondary N) is 1. The highest BCUT2D eigenvalue weighted by Gasteiger charge is 2.25. The van der Waals surface area contributed by atoms with Crippen LogP contribution in [-0.2, 0) is 9.47 Å². The molecule has 3 heterocycles. The molecule has 3 rings (SSSR count). The molecule has 0 saturated carbocycles. The van der Waals surface area contributed by atoms with Gasteiger partial charge < -0.3 is 19.2 Å². The number of fused-ring (bicyclic) bond motifs is 1. The van der Waals surface area contributed by atoms with E-state index in [1.165, 1.54) is 6.33 Å². The third-order valence-corrected chi connectivity index (χ3v) is 4.56. The minimum atomic E-state index is -0.414. The molecule has 1 N–H and O–H groups in total. The first-order valence-corrected chi connectivity index (χ1v) is 9.11. The molecule has 0 bridgehead atoms. The van der Waals surface area contributed by atoms with Crippen LogP contribution in [0, 0.1) is 6.92 Å². The van der Waals surface area contributed by atoms with E-state index < -0.39 is 5.97 Å². The van der Waals surface area contributed by atoms with Gasteiger partial charge in [-0.2, -0.15) is 0 Å². The van der Waals surface area contributed by atoms with Gasteiger partial charge in [0, 0.05) is 25.7 Å². The molecule has 0 amide bonds. The molecule has 1 aliphatic heterocycles. The Morgan fingerprint density at radius 3 is 2.81 bits per heavy atom. The molecule has 0 radical (unpaired) electrons. The lowest BCUT2D eigenvalue weighted by Gasteiger charge is -2.30. The van der Waals surface area contributed by atoms with Crippen LogP contribution in [0.2, 0.25) is 0 Å². The van der Waals surface area contributed by atoms with Gasteiger partial charge in [-0.25, -0.2) is 14.8 Å². The van der Waals surface area contributed by atoms with E-state index in [0.29, 0.717) is 34.8 Å². The number of rotatable bonds is 7. The minimum absolute atomic E-state index is 0.191. The zero-order chi connectivity index (χ0) is 18.5. The molecule has 0 aliphatic carbocycles. The van der Waals surface area contributed by atoms with Gasteiger partial charge in [0.05, 0.1) is 25.2 Å². The van der Waals surface area contributed by atoms with E-state index >= 15 is 0 Å². The van der Waals surface area contributed by atoms with Crippen molar-refractivity contribution < 1.29 is 18.7 Å². The van der Waals surface area contributed by atoms with E-state index in [-0.39, 0.29) is 6.04 Å². The molecule has 0 spiro atoms. The number of aromatic nitrogens is 2. The molecule has 2 aromatic rings. The molecular formula is C18H26N4O4. The Labute approximate surface area is 152 Å². The van der Waals surface area contributed by atoms with E-state index in [1.54, 1.807) is 13.8 Å². The Balaban J connectivity index is 1.87. The summed E-state index contributed by atoms with van der Waals surface area (Å²) in [6.07, 6.45) is 2.37. The third-order valence-electron chi connectivity index (χ3n) is 4.56. The Bertz CT molecular complexity index is 755. The lowest BCUT2D eigenvalue weighted by Crippen LogP contribution is -2.43. The maximum Gasteiger partial charge on any atom is 0.342 e. The van der Waals surface area contributed by atoms with Gasteiger partial charge in [0.15, 0.2) is 0 Å². The van der Waals surface area contributed by atoms with E-state index in [2.05, 4.69) is 27.1 Å². The molecule has 2 aromatic heterocycles. The van der Waals surface area contributed by atoms with E-state index in [9.17, 15) is 4.79 Å². The van der Waals surface area contributed by atoms with Crippen molar-refractivity contribution in [2.45, 2.75) is 33.2 Å². The number of hydrogen-bond acceptors (Lipinski definition) is 8. The second-order valence-corrected chi connectivity index (χ2v) is 6.32. The number of morpholine rings is 1. The van der Waals surface area contributed by atoms with Gasteiger partial charge in [-0.1, -0.05) is 6.92 Å². The van der Waals surface area contributed by atoms with E-state index in [4.69, 9.17) is 13.9 Å². The first-order chi connectivity index (χ1) is 12.6. The van der Waals surface area contributed by atoms with Crippen molar-refractivity contribution in [3.63, 3.8) is 0 Å². The molecule has 1 saturated heterocycles. The number of anilines is 1. The van der Waals surface area contributed by atoms with E-state index in [1.807, 2.05) is 0 Å². The molecular weight excluding hydrogens is 336 g/mol. The fourth-order valence-corrected chi connectivity index (χ4v) is 3.17. The van der Waals surface area contributed by atoms with Crippen LogP contribution in [0.1, 0.15) is 36.4 Å². The lowest BCUT2D eigenvalue weighted by atomic mass is 10.1. The van der Waals surface area contributed by atoms with Gasteiger partial charge in [0.1, 0.15) is 23.5 Å². The summed E-state index contributed by atoms with van der Waals surface area (Å²) in [4.78, 5) is 23.3. The fraction of sp³-hybridized carbons (Fsp3) is 0.611. The maximum absolute atomic E-state index is 12.4. The van der Waals surface area contributed by atoms with Crippen molar-refractivity contribution in [1.82, 2.24) is 14.9 Å². The third kappa shape index (κ3) is 3.96. The minimum Gasteiger partial charge on any atom is -0.462 e. The van der Waals surface area contributed by atoms with Crippen molar-refractivity contribution in [1.29, 1.82) is 0 Å². The van der Waals surface area contributed by atoms with Crippen LogP contribution in [0.3, 0.4) is 0 Å². The van der Waals surface area contributed by atoms with Crippen LogP contribution in [0.5, 0.6) is 0 Å². The zero-order valence-corrected chi connectivity index (χ0v) is 15.6. The summed E-state index contributed by atoms with van der Waals surface area (Å²) in [5.41, 5.74) is 0.787. The summed E-state index contributed by atoms with van der Waals surface area (Å²) in [5, 5.41) is 4.06. The molecule has 142 valence electrons. The van der Waals surface area contributed by atoms with Gasteiger partial charge in [0.2, 0.25) is 5.71 Å². The largest absolute Gasteiger partial charge is 0.462 e. The summed E-state index contributed by atoms with van der Waals surface area (Å²) < 4.78 is 16.2. The van der Waals surface area contributed by atoms with E-state index in [0.717, 1.165) is 39.3 Å².